The molecule has 1 saturated carbocycles. The maximum Gasteiger partial charge on any atom is 0.0252 e. The average molecular weight is 295 g/mol. The molecule has 0 spiro atoms. The highest BCUT2D eigenvalue weighted by Gasteiger charge is 2.36. The van der Waals surface area contributed by atoms with E-state index in [-0.39, 0.29) is 0 Å². The van der Waals surface area contributed by atoms with Gasteiger partial charge >= 0.3 is 0 Å². The quantitative estimate of drug-likeness (QED) is 0.691. The van der Waals surface area contributed by atoms with Crippen LogP contribution in [0.15, 0.2) is 0 Å². The Morgan fingerprint density at radius 3 is 2.43 bits per heavy atom. The number of nitrogens with zero attached hydrogens (tertiary/aromatic N) is 1. The maximum atomic E-state index is 3.80. The van der Waals surface area contributed by atoms with Crippen molar-refractivity contribution in [2.45, 2.75) is 96.6 Å². The molecule has 0 aromatic rings. The minimum atomic E-state index is 0.300. The number of rotatable bonds is 7. The van der Waals surface area contributed by atoms with Gasteiger partial charge in [-0.15, -0.1) is 0 Å². The van der Waals surface area contributed by atoms with Gasteiger partial charge in [0.25, 0.3) is 0 Å². The summed E-state index contributed by atoms with van der Waals surface area (Å²) >= 11 is 0. The van der Waals surface area contributed by atoms with Crippen LogP contribution in [0.25, 0.3) is 0 Å². The number of piperazine rings is 1. The molecule has 0 aromatic heterocycles. The van der Waals surface area contributed by atoms with Gasteiger partial charge in [0.05, 0.1) is 0 Å². The lowest BCUT2D eigenvalue weighted by Gasteiger charge is -2.48. The molecular formula is C19H38N2. The first kappa shape index (κ1) is 17.3. The van der Waals surface area contributed by atoms with Crippen molar-refractivity contribution in [1.82, 2.24) is 10.2 Å². The Kier molecular flexibility index (Phi) is 7.01. The van der Waals surface area contributed by atoms with Crippen molar-refractivity contribution < 1.29 is 0 Å². The third-order valence-corrected chi connectivity index (χ3v) is 5.60. The molecule has 2 fully saturated rings. The summed E-state index contributed by atoms with van der Waals surface area (Å²) in [5, 5.41) is 3.80. The molecule has 124 valence electrons. The van der Waals surface area contributed by atoms with E-state index in [1.807, 2.05) is 0 Å². The fourth-order valence-electron chi connectivity index (χ4n) is 4.34. The molecule has 2 nitrogen and oxygen atoms in total. The third kappa shape index (κ3) is 5.56. The Hall–Kier alpha value is -0.0800. The number of hydrogen-bond acceptors (Lipinski definition) is 2. The van der Waals surface area contributed by atoms with Gasteiger partial charge in [-0.1, -0.05) is 51.9 Å². The van der Waals surface area contributed by atoms with Gasteiger partial charge in [-0.05, 0) is 45.6 Å². The molecule has 21 heavy (non-hydrogen) atoms. The standard InChI is InChI=1S/C19H38N2/c1-4-5-6-7-11-14-21-16-19(2,3)20-15-18(21)17-12-9-8-10-13-17/h17-18,20H,4-16H2,1-3H3. The predicted octanol–water partition coefficient (Wildman–Crippen LogP) is 4.59. The molecule has 2 rings (SSSR count). The zero-order valence-electron chi connectivity index (χ0n) is 14.8. The first-order valence-electron chi connectivity index (χ1n) is 9.61. The van der Waals surface area contributed by atoms with E-state index in [1.165, 1.54) is 83.8 Å². The van der Waals surface area contributed by atoms with Crippen LogP contribution in [0.1, 0.15) is 85.0 Å². The van der Waals surface area contributed by atoms with Crippen LogP contribution in [0.3, 0.4) is 0 Å². The van der Waals surface area contributed by atoms with Gasteiger partial charge in [0.15, 0.2) is 0 Å². The van der Waals surface area contributed by atoms with Crippen LogP contribution in [0.4, 0.5) is 0 Å². The Balaban J connectivity index is 1.84. The lowest BCUT2D eigenvalue weighted by molar-refractivity contribution is 0.0466. The van der Waals surface area contributed by atoms with Gasteiger partial charge in [0, 0.05) is 24.7 Å². The monoisotopic (exact) mass is 294 g/mol. The third-order valence-electron chi connectivity index (χ3n) is 5.60. The summed E-state index contributed by atoms with van der Waals surface area (Å²) in [6, 6.07) is 0.810. The second kappa shape index (κ2) is 8.53. The Morgan fingerprint density at radius 2 is 1.71 bits per heavy atom. The van der Waals surface area contributed by atoms with Crippen LogP contribution in [0, 0.1) is 5.92 Å². The number of nitrogens with one attached hydrogen (secondary N) is 1. The highest BCUT2D eigenvalue weighted by atomic mass is 15.2. The van der Waals surface area contributed by atoms with E-state index in [1.54, 1.807) is 0 Å². The lowest BCUT2D eigenvalue weighted by Crippen LogP contribution is -2.63. The van der Waals surface area contributed by atoms with E-state index in [0.29, 0.717) is 5.54 Å². The largest absolute Gasteiger partial charge is 0.309 e. The van der Waals surface area contributed by atoms with Crippen LogP contribution >= 0.6 is 0 Å². The second-order valence-electron chi connectivity index (χ2n) is 8.11. The SMILES string of the molecule is CCCCCCCN1CC(C)(C)NCC1C1CCCCC1. The van der Waals surface area contributed by atoms with Gasteiger partial charge in [-0.3, -0.25) is 4.90 Å². The van der Waals surface area contributed by atoms with E-state index in [4.69, 9.17) is 0 Å². The number of hydrogen-bond donors (Lipinski definition) is 1. The lowest BCUT2D eigenvalue weighted by atomic mass is 9.81. The minimum absolute atomic E-state index is 0.300. The molecule has 2 aliphatic rings. The molecule has 1 atom stereocenters. The van der Waals surface area contributed by atoms with Crippen LogP contribution < -0.4 is 5.32 Å². The molecule has 1 heterocycles. The van der Waals surface area contributed by atoms with E-state index in [0.717, 1.165) is 12.0 Å². The zero-order valence-corrected chi connectivity index (χ0v) is 14.8. The zero-order chi connectivity index (χ0) is 15.1. The Morgan fingerprint density at radius 1 is 1.00 bits per heavy atom. The van der Waals surface area contributed by atoms with Gasteiger partial charge < -0.3 is 5.32 Å². The van der Waals surface area contributed by atoms with E-state index >= 15 is 0 Å². The molecule has 1 unspecified atom stereocenters. The molecule has 1 aliphatic heterocycles. The van der Waals surface area contributed by atoms with Crippen molar-refractivity contribution in [3.63, 3.8) is 0 Å². The minimum Gasteiger partial charge on any atom is -0.309 e. The first-order valence-corrected chi connectivity index (χ1v) is 9.61. The van der Waals surface area contributed by atoms with Gasteiger partial charge in [-0.25, -0.2) is 0 Å². The summed E-state index contributed by atoms with van der Waals surface area (Å²) in [5.74, 6) is 0.956. The summed E-state index contributed by atoms with van der Waals surface area (Å²) in [5.41, 5.74) is 0.300. The van der Waals surface area contributed by atoms with Gasteiger partial charge in [0.1, 0.15) is 0 Å². The molecule has 0 bridgehead atoms. The normalized spacial score (nSPS) is 27.9. The van der Waals surface area contributed by atoms with Crippen molar-refractivity contribution in [2.24, 2.45) is 5.92 Å². The molecule has 1 N–H and O–H groups in total. The fourth-order valence-corrected chi connectivity index (χ4v) is 4.34. The van der Waals surface area contributed by atoms with Gasteiger partial charge in [-0.2, -0.15) is 0 Å². The molecule has 0 radical (unpaired) electrons. The van der Waals surface area contributed by atoms with Crippen LogP contribution in [-0.4, -0.2) is 36.1 Å². The van der Waals surface area contributed by atoms with Crippen molar-refractivity contribution in [3.8, 4) is 0 Å². The van der Waals surface area contributed by atoms with Crippen molar-refractivity contribution in [1.29, 1.82) is 0 Å². The van der Waals surface area contributed by atoms with Crippen LogP contribution in [0.2, 0.25) is 0 Å². The van der Waals surface area contributed by atoms with E-state index in [2.05, 4.69) is 31.0 Å². The molecule has 0 amide bonds. The van der Waals surface area contributed by atoms with Crippen molar-refractivity contribution in [3.05, 3.63) is 0 Å². The van der Waals surface area contributed by atoms with Crippen molar-refractivity contribution >= 4 is 0 Å². The summed E-state index contributed by atoms with van der Waals surface area (Å²) in [6.45, 7) is 10.8. The predicted molar refractivity (Wildman–Crippen MR) is 92.8 cm³/mol. The Labute approximate surface area is 133 Å². The summed E-state index contributed by atoms with van der Waals surface area (Å²) in [4.78, 5) is 2.85. The molecular weight excluding hydrogens is 256 g/mol. The second-order valence-corrected chi connectivity index (χ2v) is 8.11. The van der Waals surface area contributed by atoms with E-state index in [9.17, 15) is 0 Å². The van der Waals surface area contributed by atoms with E-state index < -0.39 is 0 Å². The van der Waals surface area contributed by atoms with Crippen LogP contribution in [-0.2, 0) is 0 Å². The van der Waals surface area contributed by atoms with Crippen molar-refractivity contribution in [2.75, 3.05) is 19.6 Å². The smallest absolute Gasteiger partial charge is 0.0252 e. The molecule has 2 heteroatoms. The maximum absolute atomic E-state index is 3.80. The highest BCUT2D eigenvalue weighted by Crippen LogP contribution is 2.31. The van der Waals surface area contributed by atoms with Crippen LogP contribution in [0.5, 0.6) is 0 Å². The summed E-state index contributed by atoms with van der Waals surface area (Å²) in [6.07, 6.45) is 14.4. The fraction of sp³-hybridized carbons (Fsp3) is 1.00. The van der Waals surface area contributed by atoms with Gasteiger partial charge in [0.2, 0.25) is 0 Å². The molecule has 1 saturated heterocycles. The Bertz CT molecular complexity index is 281. The topological polar surface area (TPSA) is 15.3 Å². The summed E-state index contributed by atoms with van der Waals surface area (Å²) < 4.78 is 0. The highest BCUT2D eigenvalue weighted by molar-refractivity contribution is 4.95. The summed E-state index contributed by atoms with van der Waals surface area (Å²) in [7, 11) is 0. The molecule has 0 aromatic carbocycles. The molecule has 1 aliphatic carbocycles. The number of unbranched alkanes of at least 4 members (excludes halogenated alkanes) is 4. The average Bonchev–Trinajstić information content (AvgIpc) is 2.47. The first-order chi connectivity index (χ1) is 10.1.